The Kier molecular flexibility index (Phi) is 5.11. The van der Waals surface area contributed by atoms with Crippen LogP contribution in [0.5, 0.6) is 0 Å². The quantitative estimate of drug-likeness (QED) is 0.831. The molecule has 0 saturated heterocycles. The molecule has 1 aromatic heterocycles. The van der Waals surface area contributed by atoms with E-state index < -0.39 is 0 Å². The van der Waals surface area contributed by atoms with Crippen molar-refractivity contribution in [1.29, 1.82) is 0 Å². The molecule has 0 bridgehead atoms. The van der Waals surface area contributed by atoms with Gasteiger partial charge in [-0.15, -0.1) is 0 Å². The van der Waals surface area contributed by atoms with Gasteiger partial charge in [-0.05, 0) is 50.6 Å². The molecule has 1 fully saturated rings. The number of nitrogens with one attached hydrogen (secondary N) is 1. The van der Waals surface area contributed by atoms with Crippen molar-refractivity contribution in [3.8, 4) is 0 Å². The highest BCUT2D eigenvalue weighted by Crippen LogP contribution is 2.21. The molecule has 0 aliphatic heterocycles. The van der Waals surface area contributed by atoms with Gasteiger partial charge in [-0.1, -0.05) is 0 Å². The maximum atomic E-state index is 4.67. The number of aryl methyl sites for hydroxylation is 1. The fraction of sp³-hybridized carbons (Fsp3) is 0.667. The van der Waals surface area contributed by atoms with Crippen molar-refractivity contribution in [2.75, 3.05) is 24.0 Å². The van der Waals surface area contributed by atoms with Crippen LogP contribution in [-0.2, 0) is 6.54 Å². The second kappa shape index (κ2) is 6.62. The highest BCUT2D eigenvalue weighted by molar-refractivity contribution is 7.98. The van der Waals surface area contributed by atoms with Crippen LogP contribution in [0, 0.1) is 6.92 Å². The number of aromatic nitrogens is 1. The van der Waals surface area contributed by atoms with E-state index in [1.165, 1.54) is 18.4 Å². The molecule has 1 saturated carbocycles. The molecule has 1 unspecified atom stereocenters. The van der Waals surface area contributed by atoms with E-state index in [1.807, 2.05) is 11.8 Å². The summed E-state index contributed by atoms with van der Waals surface area (Å²) in [5.74, 6) is 2.22. The van der Waals surface area contributed by atoms with Gasteiger partial charge < -0.3 is 10.2 Å². The molecule has 2 rings (SSSR count). The van der Waals surface area contributed by atoms with Crippen LogP contribution >= 0.6 is 11.8 Å². The summed E-state index contributed by atoms with van der Waals surface area (Å²) in [5.41, 5.74) is 2.45. The van der Waals surface area contributed by atoms with Gasteiger partial charge in [0.25, 0.3) is 0 Å². The Morgan fingerprint density at radius 2 is 2.21 bits per heavy atom. The number of pyridine rings is 1. The third kappa shape index (κ3) is 4.39. The Morgan fingerprint density at radius 3 is 2.84 bits per heavy atom. The van der Waals surface area contributed by atoms with E-state index in [2.05, 4.69) is 54.5 Å². The lowest BCUT2D eigenvalue weighted by molar-refractivity contribution is 0.684. The number of hydrogen-bond donors (Lipinski definition) is 1. The molecule has 19 heavy (non-hydrogen) atoms. The molecule has 1 aliphatic carbocycles. The second-order valence-corrected chi connectivity index (χ2v) is 6.46. The minimum absolute atomic E-state index is 0.508. The lowest BCUT2D eigenvalue weighted by Crippen LogP contribution is -2.31. The maximum absolute atomic E-state index is 4.67. The molecular formula is C15H25N3S. The van der Waals surface area contributed by atoms with E-state index in [1.54, 1.807) is 0 Å². The number of hydrogen-bond acceptors (Lipinski definition) is 4. The van der Waals surface area contributed by atoms with Gasteiger partial charge in [0.2, 0.25) is 0 Å². The van der Waals surface area contributed by atoms with Crippen LogP contribution in [0.25, 0.3) is 0 Å². The van der Waals surface area contributed by atoms with Crippen molar-refractivity contribution in [2.24, 2.45) is 0 Å². The van der Waals surface area contributed by atoms with E-state index in [9.17, 15) is 0 Å². The molecule has 1 heterocycles. The molecule has 0 aromatic carbocycles. The van der Waals surface area contributed by atoms with Crippen molar-refractivity contribution in [3.63, 3.8) is 0 Å². The number of thioether (sulfide) groups is 1. The first-order valence-corrected chi connectivity index (χ1v) is 8.42. The predicted octanol–water partition coefficient (Wildman–Crippen LogP) is 2.83. The molecule has 1 N–H and O–H groups in total. The smallest absolute Gasteiger partial charge is 0.129 e. The molecule has 0 spiro atoms. The normalized spacial score (nSPS) is 16.4. The molecular weight excluding hydrogens is 254 g/mol. The molecule has 1 atom stereocenters. The van der Waals surface area contributed by atoms with Gasteiger partial charge in [0.15, 0.2) is 0 Å². The minimum atomic E-state index is 0.508. The zero-order valence-corrected chi connectivity index (χ0v) is 13.3. The molecule has 1 aliphatic rings. The van der Waals surface area contributed by atoms with Gasteiger partial charge in [0.05, 0.1) is 0 Å². The van der Waals surface area contributed by atoms with Gasteiger partial charge in [0, 0.05) is 37.1 Å². The van der Waals surface area contributed by atoms with Gasteiger partial charge in [-0.2, -0.15) is 11.8 Å². The van der Waals surface area contributed by atoms with Crippen LogP contribution in [0.3, 0.4) is 0 Å². The summed E-state index contributed by atoms with van der Waals surface area (Å²) < 4.78 is 0. The van der Waals surface area contributed by atoms with Crippen LogP contribution < -0.4 is 10.2 Å². The average Bonchev–Trinajstić information content (AvgIpc) is 3.19. The first-order chi connectivity index (χ1) is 9.10. The molecule has 0 radical (unpaired) electrons. The summed E-state index contributed by atoms with van der Waals surface area (Å²) >= 11 is 1.88. The summed E-state index contributed by atoms with van der Waals surface area (Å²) in [4.78, 5) is 6.95. The molecule has 4 heteroatoms. The Hall–Kier alpha value is -0.740. The van der Waals surface area contributed by atoms with E-state index >= 15 is 0 Å². The largest absolute Gasteiger partial charge is 0.356 e. The Balaban J connectivity index is 2.05. The monoisotopic (exact) mass is 279 g/mol. The lowest BCUT2D eigenvalue weighted by Gasteiger charge is -2.26. The fourth-order valence-corrected chi connectivity index (χ4v) is 2.84. The maximum Gasteiger partial charge on any atom is 0.129 e. The average molecular weight is 279 g/mol. The third-order valence-corrected chi connectivity index (χ3v) is 4.42. The highest BCUT2D eigenvalue weighted by atomic mass is 32.2. The summed E-state index contributed by atoms with van der Waals surface area (Å²) in [6, 6.07) is 5.67. The molecule has 1 aromatic rings. The summed E-state index contributed by atoms with van der Waals surface area (Å²) in [5, 5.41) is 3.57. The first kappa shape index (κ1) is 14.7. The van der Waals surface area contributed by atoms with Crippen LogP contribution in [0.2, 0.25) is 0 Å². The Bertz CT molecular complexity index is 418. The number of rotatable bonds is 7. The van der Waals surface area contributed by atoms with Crippen LogP contribution in [0.15, 0.2) is 12.1 Å². The Morgan fingerprint density at radius 1 is 1.47 bits per heavy atom. The lowest BCUT2D eigenvalue weighted by atomic mass is 10.2. The SMILES string of the molecule is CSCC(C)N(C)c1cc(CNC2CC2)cc(C)n1. The number of anilines is 1. The summed E-state index contributed by atoms with van der Waals surface area (Å²) in [7, 11) is 2.14. The summed E-state index contributed by atoms with van der Waals surface area (Å²) in [6.07, 6.45) is 4.82. The van der Waals surface area contributed by atoms with Crippen molar-refractivity contribution < 1.29 is 0 Å². The van der Waals surface area contributed by atoms with Gasteiger partial charge >= 0.3 is 0 Å². The minimum Gasteiger partial charge on any atom is -0.356 e. The molecule has 3 nitrogen and oxygen atoms in total. The second-order valence-electron chi connectivity index (χ2n) is 5.55. The number of nitrogens with zero attached hydrogens (tertiary/aromatic N) is 2. The van der Waals surface area contributed by atoms with E-state index in [-0.39, 0.29) is 0 Å². The third-order valence-electron chi connectivity index (χ3n) is 3.60. The standard InChI is InChI=1S/C15H25N3S/c1-11-7-13(9-16-14-5-6-14)8-15(17-11)18(3)12(2)10-19-4/h7-8,12,14,16H,5-6,9-10H2,1-4H3. The fourth-order valence-electron chi connectivity index (χ4n) is 2.13. The van der Waals surface area contributed by atoms with Gasteiger partial charge in [0.1, 0.15) is 5.82 Å². The van der Waals surface area contributed by atoms with Crippen LogP contribution in [0.4, 0.5) is 5.82 Å². The van der Waals surface area contributed by atoms with E-state index in [0.29, 0.717) is 6.04 Å². The van der Waals surface area contributed by atoms with E-state index in [0.717, 1.165) is 29.9 Å². The zero-order valence-electron chi connectivity index (χ0n) is 12.4. The molecule has 0 amide bonds. The van der Waals surface area contributed by atoms with Gasteiger partial charge in [-0.3, -0.25) is 0 Å². The van der Waals surface area contributed by atoms with Crippen molar-refractivity contribution in [1.82, 2.24) is 10.3 Å². The highest BCUT2D eigenvalue weighted by Gasteiger charge is 2.20. The summed E-state index contributed by atoms with van der Waals surface area (Å²) in [6.45, 7) is 5.30. The van der Waals surface area contributed by atoms with E-state index in [4.69, 9.17) is 0 Å². The zero-order chi connectivity index (χ0) is 13.8. The van der Waals surface area contributed by atoms with Crippen LogP contribution in [-0.4, -0.2) is 36.1 Å². The van der Waals surface area contributed by atoms with Crippen molar-refractivity contribution >= 4 is 17.6 Å². The predicted molar refractivity (Wildman–Crippen MR) is 85.1 cm³/mol. The van der Waals surface area contributed by atoms with Gasteiger partial charge in [-0.25, -0.2) is 4.98 Å². The van der Waals surface area contributed by atoms with Crippen molar-refractivity contribution in [2.45, 2.75) is 45.3 Å². The van der Waals surface area contributed by atoms with Crippen molar-refractivity contribution in [3.05, 3.63) is 23.4 Å². The topological polar surface area (TPSA) is 28.2 Å². The molecule has 106 valence electrons. The Labute approximate surface area is 121 Å². The van der Waals surface area contributed by atoms with Crippen LogP contribution in [0.1, 0.15) is 31.0 Å². The first-order valence-electron chi connectivity index (χ1n) is 7.03.